The molecule has 3 heteroatoms. The molecule has 0 aliphatic carbocycles. The standard InChI is InChI=1S/C10H21NO2/c1-9(2)5-6-11-7-10(13-4)8-12-3/h10-11H,1,5-8H2,2-4H3. The van der Waals surface area contributed by atoms with E-state index in [1.165, 1.54) is 5.57 Å². The molecular formula is C10H21NO2. The molecule has 1 unspecified atom stereocenters. The molecule has 0 bridgehead atoms. The molecule has 0 heterocycles. The fourth-order valence-corrected chi connectivity index (χ4v) is 0.961. The third kappa shape index (κ3) is 7.96. The number of nitrogens with one attached hydrogen (secondary N) is 1. The number of rotatable bonds is 8. The van der Waals surface area contributed by atoms with Crippen molar-refractivity contribution in [2.45, 2.75) is 19.4 Å². The molecule has 0 spiro atoms. The van der Waals surface area contributed by atoms with Crippen LogP contribution in [-0.2, 0) is 9.47 Å². The molecule has 0 saturated heterocycles. The van der Waals surface area contributed by atoms with Crippen LogP contribution in [0.25, 0.3) is 0 Å². The van der Waals surface area contributed by atoms with Crippen LogP contribution in [0.1, 0.15) is 13.3 Å². The first-order valence-electron chi connectivity index (χ1n) is 4.57. The van der Waals surface area contributed by atoms with Gasteiger partial charge in [-0.05, 0) is 19.9 Å². The number of hydrogen-bond acceptors (Lipinski definition) is 3. The van der Waals surface area contributed by atoms with Gasteiger partial charge in [-0.15, -0.1) is 6.58 Å². The van der Waals surface area contributed by atoms with Crippen LogP contribution in [0.5, 0.6) is 0 Å². The lowest BCUT2D eigenvalue weighted by molar-refractivity contribution is 0.0291. The van der Waals surface area contributed by atoms with Gasteiger partial charge in [0.2, 0.25) is 0 Å². The van der Waals surface area contributed by atoms with Gasteiger partial charge in [-0.2, -0.15) is 0 Å². The Bertz CT molecular complexity index is 137. The molecule has 0 aliphatic heterocycles. The Balaban J connectivity index is 3.32. The topological polar surface area (TPSA) is 30.5 Å². The highest BCUT2D eigenvalue weighted by atomic mass is 16.5. The number of methoxy groups -OCH3 is 2. The third-order valence-corrected chi connectivity index (χ3v) is 1.79. The van der Waals surface area contributed by atoms with E-state index in [4.69, 9.17) is 9.47 Å². The van der Waals surface area contributed by atoms with Crippen molar-refractivity contribution in [1.82, 2.24) is 5.32 Å². The van der Waals surface area contributed by atoms with Gasteiger partial charge in [0.1, 0.15) is 0 Å². The Morgan fingerprint density at radius 1 is 1.46 bits per heavy atom. The normalized spacial score (nSPS) is 12.8. The van der Waals surface area contributed by atoms with Crippen LogP contribution in [0.15, 0.2) is 12.2 Å². The molecule has 1 N–H and O–H groups in total. The summed E-state index contributed by atoms with van der Waals surface area (Å²) >= 11 is 0. The van der Waals surface area contributed by atoms with Gasteiger partial charge in [-0.1, -0.05) is 5.57 Å². The number of ether oxygens (including phenoxy) is 2. The molecule has 0 radical (unpaired) electrons. The first kappa shape index (κ1) is 12.6. The van der Waals surface area contributed by atoms with Crippen LogP contribution >= 0.6 is 0 Å². The van der Waals surface area contributed by atoms with Gasteiger partial charge in [0.25, 0.3) is 0 Å². The van der Waals surface area contributed by atoms with Gasteiger partial charge >= 0.3 is 0 Å². The Hall–Kier alpha value is -0.380. The SMILES string of the molecule is C=C(C)CCNCC(COC)OC. The van der Waals surface area contributed by atoms with E-state index in [0.717, 1.165) is 19.5 Å². The lowest BCUT2D eigenvalue weighted by Gasteiger charge is -2.14. The van der Waals surface area contributed by atoms with E-state index in [2.05, 4.69) is 11.9 Å². The summed E-state index contributed by atoms with van der Waals surface area (Å²) in [6, 6.07) is 0. The van der Waals surface area contributed by atoms with Crippen molar-refractivity contribution in [3.05, 3.63) is 12.2 Å². The van der Waals surface area contributed by atoms with Crippen molar-refractivity contribution >= 4 is 0 Å². The first-order chi connectivity index (χ1) is 6.20. The van der Waals surface area contributed by atoms with Gasteiger partial charge in [-0.3, -0.25) is 0 Å². The largest absolute Gasteiger partial charge is 0.382 e. The maximum atomic E-state index is 5.19. The van der Waals surface area contributed by atoms with E-state index >= 15 is 0 Å². The van der Waals surface area contributed by atoms with Crippen LogP contribution in [0.4, 0.5) is 0 Å². The third-order valence-electron chi connectivity index (χ3n) is 1.79. The van der Waals surface area contributed by atoms with Crippen molar-refractivity contribution in [3.63, 3.8) is 0 Å². The van der Waals surface area contributed by atoms with E-state index in [9.17, 15) is 0 Å². The van der Waals surface area contributed by atoms with E-state index in [1.54, 1.807) is 14.2 Å². The molecule has 0 fully saturated rings. The highest BCUT2D eigenvalue weighted by Crippen LogP contribution is 1.93. The fourth-order valence-electron chi connectivity index (χ4n) is 0.961. The summed E-state index contributed by atoms with van der Waals surface area (Å²) in [5.74, 6) is 0. The average molecular weight is 187 g/mol. The minimum Gasteiger partial charge on any atom is -0.382 e. The second-order valence-electron chi connectivity index (χ2n) is 3.22. The zero-order valence-corrected chi connectivity index (χ0v) is 8.93. The van der Waals surface area contributed by atoms with Crippen molar-refractivity contribution in [1.29, 1.82) is 0 Å². The zero-order chi connectivity index (χ0) is 10.1. The van der Waals surface area contributed by atoms with Crippen LogP contribution in [0.3, 0.4) is 0 Å². The highest BCUT2D eigenvalue weighted by molar-refractivity contribution is 4.88. The molecule has 0 aromatic heterocycles. The Labute approximate surface area is 81.1 Å². The predicted molar refractivity (Wildman–Crippen MR) is 55.0 cm³/mol. The van der Waals surface area contributed by atoms with Crippen molar-refractivity contribution < 1.29 is 9.47 Å². The van der Waals surface area contributed by atoms with Gasteiger partial charge < -0.3 is 14.8 Å². The molecule has 78 valence electrons. The summed E-state index contributed by atoms with van der Waals surface area (Å²) in [7, 11) is 3.38. The quantitative estimate of drug-likeness (QED) is 0.457. The van der Waals surface area contributed by atoms with Crippen LogP contribution < -0.4 is 5.32 Å². The smallest absolute Gasteiger partial charge is 0.0928 e. The molecule has 0 rings (SSSR count). The summed E-state index contributed by atoms with van der Waals surface area (Å²) in [5.41, 5.74) is 1.20. The maximum Gasteiger partial charge on any atom is 0.0928 e. The Morgan fingerprint density at radius 2 is 2.15 bits per heavy atom. The zero-order valence-electron chi connectivity index (χ0n) is 8.93. The summed E-state index contributed by atoms with van der Waals surface area (Å²) in [6.07, 6.45) is 1.17. The number of hydrogen-bond donors (Lipinski definition) is 1. The maximum absolute atomic E-state index is 5.19. The lowest BCUT2D eigenvalue weighted by Crippen LogP contribution is -2.32. The van der Waals surface area contributed by atoms with E-state index < -0.39 is 0 Å². The Morgan fingerprint density at radius 3 is 2.62 bits per heavy atom. The highest BCUT2D eigenvalue weighted by Gasteiger charge is 2.04. The summed E-state index contributed by atoms with van der Waals surface area (Å²) in [5, 5.41) is 3.29. The van der Waals surface area contributed by atoms with Crippen LogP contribution in [-0.4, -0.2) is 40.0 Å². The minimum atomic E-state index is 0.148. The molecule has 0 aliphatic rings. The van der Waals surface area contributed by atoms with Crippen molar-refractivity contribution in [2.24, 2.45) is 0 Å². The predicted octanol–water partition coefficient (Wildman–Crippen LogP) is 1.20. The monoisotopic (exact) mass is 187 g/mol. The molecule has 0 saturated carbocycles. The van der Waals surface area contributed by atoms with Crippen molar-refractivity contribution in [2.75, 3.05) is 33.9 Å². The second kappa shape index (κ2) is 8.23. The first-order valence-corrected chi connectivity index (χ1v) is 4.57. The fraction of sp³-hybridized carbons (Fsp3) is 0.800. The van der Waals surface area contributed by atoms with Gasteiger partial charge in [0.05, 0.1) is 12.7 Å². The minimum absolute atomic E-state index is 0.148. The molecule has 0 aromatic rings. The van der Waals surface area contributed by atoms with Crippen LogP contribution in [0, 0.1) is 0 Å². The molecule has 0 amide bonds. The van der Waals surface area contributed by atoms with Gasteiger partial charge in [0, 0.05) is 20.8 Å². The molecule has 3 nitrogen and oxygen atoms in total. The molecule has 0 aromatic carbocycles. The van der Waals surface area contributed by atoms with Crippen molar-refractivity contribution in [3.8, 4) is 0 Å². The van der Waals surface area contributed by atoms with Gasteiger partial charge in [-0.25, -0.2) is 0 Å². The van der Waals surface area contributed by atoms with Gasteiger partial charge in [0.15, 0.2) is 0 Å². The molecular weight excluding hydrogens is 166 g/mol. The average Bonchev–Trinajstić information content (AvgIpc) is 2.10. The lowest BCUT2D eigenvalue weighted by atomic mass is 10.2. The Kier molecular flexibility index (Phi) is 7.99. The summed E-state index contributed by atoms with van der Waals surface area (Å²) < 4.78 is 10.2. The van der Waals surface area contributed by atoms with E-state index in [1.807, 2.05) is 6.92 Å². The van der Waals surface area contributed by atoms with Crippen LogP contribution in [0.2, 0.25) is 0 Å². The molecule has 13 heavy (non-hydrogen) atoms. The summed E-state index contributed by atoms with van der Waals surface area (Å²) in [6.45, 7) is 8.29. The second-order valence-corrected chi connectivity index (χ2v) is 3.22. The molecule has 1 atom stereocenters. The van der Waals surface area contributed by atoms with E-state index in [-0.39, 0.29) is 6.10 Å². The summed E-state index contributed by atoms with van der Waals surface area (Å²) in [4.78, 5) is 0. The van der Waals surface area contributed by atoms with E-state index in [0.29, 0.717) is 6.61 Å².